The highest BCUT2D eigenvalue weighted by atomic mass is 16.6. The van der Waals surface area contributed by atoms with Gasteiger partial charge in [0.2, 0.25) is 5.91 Å². The van der Waals surface area contributed by atoms with E-state index in [1.165, 1.54) is 4.90 Å². The van der Waals surface area contributed by atoms with Crippen LogP contribution < -0.4 is 4.74 Å². The number of para-hydroxylation sites is 1. The Morgan fingerprint density at radius 2 is 1.63 bits per heavy atom. The van der Waals surface area contributed by atoms with Crippen molar-refractivity contribution in [3.8, 4) is 5.75 Å². The molecule has 1 unspecified atom stereocenters. The Balaban J connectivity index is 1.78. The van der Waals surface area contributed by atoms with Crippen molar-refractivity contribution < 1.29 is 24.2 Å². The molecule has 0 radical (unpaired) electrons. The normalized spacial score (nSPS) is 12.2. The summed E-state index contributed by atoms with van der Waals surface area (Å²) in [6, 6.07) is 21.2. The monoisotopic (exact) mass is 520 g/mol. The summed E-state index contributed by atoms with van der Waals surface area (Å²) in [5, 5.41) is 11.3. The lowest BCUT2D eigenvalue weighted by Gasteiger charge is -2.32. The third-order valence-corrected chi connectivity index (χ3v) is 6.30. The number of fused-ring (bicyclic) bond motifs is 1. The summed E-state index contributed by atoms with van der Waals surface area (Å²) >= 11 is 0. The zero-order chi connectivity index (χ0) is 27.7. The molecule has 204 valence electrons. The zero-order valence-electron chi connectivity index (χ0n) is 23.1. The second-order valence-corrected chi connectivity index (χ2v) is 10.5. The minimum absolute atomic E-state index is 0.0726. The molecule has 3 aromatic carbocycles. The van der Waals surface area contributed by atoms with Crippen LogP contribution in [0.3, 0.4) is 0 Å². The van der Waals surface area contributed by atoms with Crippen molar-refractivity contribution in [1.29, 1.82) is 0 Å². The van der Waals surface area contributed by atoms with E-state index in [2.05, 4.69) is 6.07 Å². The Bertz CT molecular complexity index is 1220. The van der Waals surface area contributed by atoms with Gasteiger partial charge in [0.1, 0.15) is 17.4 Å². The summed E-state index contributed by atoms with van der Waals surface area (Å²) in [4.78, 5) is 29.8. The minimum atomic E-state index is -0.730. The van der Waals surface area contributed by atoms with Crippen LogP contribution in [0.4, 0.5) is 4.79 Å². The number of rotatable bonds is 11. The molecular weight excluding hydrogens is 480 g/mol. The summed E-state index contributed by atoms with van der Waals surface area (Å²) < 4.78 is 11.4. The van der Waals surface area contributed by atoms with Gasteiger partial charge < -0.3 is 19.5 Å². The van der Waals surface area contributed by atoms with Crippen molar-refractivity contribution in [2.75, 3.05) is 33.9 Å². The van der Waals surface area contributed by atoms with Gasteiger partial charge in [0.25, 0.3) is 0 Å². The SMILES string of the molecule is CN(CCc1ccccc1OCCCO)C(=O)C(Cc1ccc2ccccc2c1)N(C)C(=O)OC(C)(C)C. The Hall–Kier alpha value is -3.58. The second-order valence-electron chi connectivity index (χ2n) is 10.5. The number of aliphatic hydroxyl groups is 1. The molecular formula is C31H40N2O5. The summed E-state index contributed by atoms with van der Waals surface area (Å²) in [7, 11) is 3.38. The van der Waals surface area contributed by atoms with E-state index in [0.717, 1.165) is 27.6 Å². The van der Waals surface area contributed by atoms with E-state index >= 15 is 0 Å². The van der Waals surface area contributed by atoms with E-state index in [1.807, 2.05) is 81.4 Å². The maximum absolute atomic E-state index is 13.8. The molecule has 0 aliphatic carbocycles. The van der Waals surface area contributed by atoms with Crippen molar-refractivity contribution in [3.05, 3.63) is 77.9 Å². The number of nitrogens with zero attached hydrogens (tertiary/aromatic N) is 2. The van der Waals surface area contributed by atoms with Gasteiger partial charge in [-0.3, -0.25) is 9.69 Å². The number of carbonyl (C=O) groups is 2. The molecule has 38 heavy (non-hydrogen) atoms. The van der Waals surface area contributed by atoms with Crippen LogP contribution in [0, 0.1) is 0 Å². The highest BCUT2D eigenvalue weighted by Crippen LogP contribution is 2.22. The van der Waals surface area contributed by atoms with Crippen LogP contribution in [0.1, 0.15) is 38.3 Å². The van der Waals surface area contributed by atoms with Crippen LogP contribution in [0.2, 0.25) is 0 Å². The highest BCUT2D eigenvalue weighted by Gasteiger charge is 2.32. The van der Waals surface area contributed by atoms with Gasteiger partial charge in [0, 0.05) is 40.1 Å². The van der Waals surface area contributed by atoms with Crippen LogP contribution in [0.15, 0.2) is 66.7 Å². The fraction of sp³-hybridized carbons (Fsp3) is 0.419. The van der Waals surface area contributed by atoms with Crippen molar-refractivity contribution in [2.24, 2.45) is 0 Å². The van der Waals surface area contributed by atoms with Gasteiger partial charge in [-0.2, -0.15) is 0 Å². The lowest BCUT2D eigenvalue weighted by Crippen LogP contribution is -2.51. The van der Waals surface area contributed by atoms with Crippen LogP contribution >= 0.6 is 0 Å². The van der Waals surface area contributed by atoms with Gasteiger partial charge in [0.15, 0.2) is 0 Å². The van der Waals surface area contributed by atoms with Gasteiger partial charge in [-0.15, -0.1) is 0 Å². The maximum Gasteiger partial charge on any atom is 0.410 e. The first-order valence-electron chi connectivity index (χ1n) is 13.1. The predicted octanol–water partition coefficient (Wildman–Crippen LogP) is 5.08. The van der Waals surface area contributed by atoms with E-state index in [4.69, 9.17) is 14.6 Å². The fourth-order valence-electron chi connectivity index (χ4n) is 4.19. The molecule has 0 fully saturated rings. The van der Waals surface area contributed by atoms with E-state index in [1.54, 1.807) is 19.0 Å². The summed E-state index contributed by atoms with van der Waals surface area (Å²) in [6.45, 7) is 6.39. The summed E-state index contributed by atoms with van der Waals surface area (Å²) in [5.41, 5.74) is 1.28. The third kappa shape index (κ3) is 8.21. The number of benzene rings is 3. The third-order valence-electron chi connectivity index (χ3n) is 6.30. The molecule has 0 aliphatic rings. The molecule has 2 amide bonds. The van der Waals surface area contributed by atoms with Crippen LogP contribution in [-0.2, 0) is 22.4 Å². The number of hydrogen-bond acceptors (Lipinski definition) is 5. The molecule has 1 atom stereocenters. The summed E-state index contributed by atoms with van der Waals surface area (Å²) in [5.74, 6) is 0.589. The van der Waals surface area contributed by atoms with E-state index in [9.17, 15) is 9.59 Å². The molecule has 7 heteroatoms. The molecule has 3 rings (SSSR count). The largest absolute Gasteiger partial charge is 0.493 e. The van der Waals surface area contributed by atoms with Crippen LogP contribution in [-0.4, -0.2) is 72.4 Å². The molecule has 0 heterocycles. The number of likely N-dealkylation sites (N-methyl/N-ethyl adjacent to an activating group) is 2. The Morgan fingerprint density at radius 3 is 2.34 bits per heavy atom. The molecule has 0 aromatic heterocycles. The molecule has 0 spiro atoms. The number of hydrogen-bond donors (Lipinski definition) is 1. The molecule has 3 aromatic rings. The van der Waals surface area contributed by atoms with Gasteiger partial charge in [-0.1, -0.05) is 60.7 Å². The first-order valence-corrected chi connectivity index (χ1v) is 13.1. The van der Waals surface area contributed by atoms with Gasteiger partial charge in [0.05, 0.1) is 6.61 Å². The average Bonchev–Trinajstić information content (AvgIpc) is 2.89. The first-order chi connectivity index (χ1) is 18.1. The number of amides is 2. The van der Waals surface area contributed by atoms with Crippen molar-refractivity contribution in [2.45, 2.75) is 51.7 Å². The topological polar surface area (TPSA) is 79.3 Å². The van der Waals surface area contributed by atoms with Gasteiger partial charge in [-0.25, -0.2) is 4.79 Å². The number of carbonyl (C=O) groups excluding carboxylic acids is 2. The number of aliphatic hydroxyl groups excluding tert-OH is 1. The van der Waals surface area contributed by atoms with Crippen LogP contribution in [0.5, 0.6) is 5.75 Å². The first kappa shape index (κ1) is 29.0. The van der Waals surface area contributed by atoms with Gasteiger partial charge in [-0.05, 0) is 55.2 Å². The van der Waals surface area contributed by atoms with Crippen molar-refractivity contribution in [3.63, 3.8) is 0 Å². The van der Waals surface area contributed by atoms with Gasteiger partial charge >= 0.3 is 6.09 Å². The van der Waals surface area contributed by atoms with E-state index < -0.39 is 17.7 Å². The quantitative estimate of drug-likeness (QED) is 0.357. The molecule has 7 nitrogen and oxygen atoms in total. The lowest BCUT2D eigenvalue weighted by atomic mass is 10.00. The smallest absolute Gasteiger partial charge is 0.410 e. The lowest BCUT2D eigenvalue weighted by molar-refractivity contribution is -0.135. The highest BCUT2D eigenvalue weighted by molar-refractivity contribution is 5.87. The van der Waals surface area contributed by atoms with E-state index in [0.29, 0.717) is 32.4 Å². The Morgan fingerprint density at radius 1 is 0.947 bits per heavy atom. The fourth-order valence-corrected chi connectivity index (χ4v) is 4.19. The summed E-state index contributed by atoms with van der Waals surface area (Å²) in [6.07, 6.45) is 0.980. The molecule has 1 N–H and O–H groups in total. The van der Waals surface area contributed by atoms with E-state index in [-0.39, 0.29) is 12.5 Å². The minimum Gasteiger partial charge on any atom is -0.493 e. The molecule has 0 saturated carbocycles. The Kier molecular flexibility index (Phi) is 10.1. The molecule has 0 saturated heterocycles. The molecule has 0 bridgehead atoms. The van der Waals surface area contributed by atoms with Crippen molar-refractivity contribution in [1.82, 2.24) is 9.80 Å². The maximum atomic E-state index is 13.8. The Labute approximate surface area is 226 Å². The zero-order valence-corrected chi connectivity index (χ0v) is 23.1. The van der Waals surface area contributed by atoms with Crippen LogP contribution in [0.25, 0.3) is 10.8 Å². The van der Waals surface area contributed by atoms with Crippen molar-refractivity contribution >= 4 is 22.8 Å². The predicted molar refractivity (Wildman–Crippen MR) is 150 cm³/mol. The number of ether oxygens (including phenoxy) is 2. The average molecular weight is 521 g/mol. The second kappa shape index (κ2) is 13.3. The standard InChI is InChI=1S/C31H40N2O5/c1-31(2,3)38-30(36)33(5)27(22-23-15-16-24-11-6-7-13-26(24)21-23)29(35)32(4)18-17-25-12-8-9-14-28(25)37-20-10-19-34/h6-9,11-16,21,27,34H,10,17-20,22H2,1-5H3. The molecule has 0 aliphatic heterocycles.